The van der Waals surface area contributed by atoms with E-state index < -0.39 is 42.0 Å². The Hall–Kier alpha value is -2.83. The smallest absolute Gasteiger partial charge is 0.326 e. The van der Waals surface area contributed by atoms with Crippen LogP contribution in [-0.2, 0) is 25.6 Å². The number of carbonyl (C=O) groups excluding carboxylic acids is 3. The molecule has 4 unspecified atom stereocenters. The molecule has 0 bridgehead atoms. The van der Waals surface area contributed by atoms with Crippen LogP contribution in [0, 0.1) is 0 Å². The highest BCUT2D eigenvalue weighted by atomic mass is 32.1. The lowest BCUT2D eigenvalue weighted by molar-refractivity contribution is -0.142. The second kappa shape index (κ2) is 14.5. The van der Waals surface area contributed by atoms with Gasteiger partial charge in [-0.25, -0.2) is 4.79 Å². The summed E-state index contributed by atoms with van der Waals surface area (Å²) < 4.78 is 0. The lowest BCUT2D eigenvalue weighted by Crippen LogP contribution is -2.58. The van der Waals surface area contributed by atoms with Gasteiger partial charge in [0.25, 0.3) is 0 Å². The maximum atomic E-state index is 13.1. The lowest BCUT2D eigenvalue weighted by atomic mass is 10.0. The van der Waals surface area contributed by atoms with Crippen LogP contribution in [0.2, 0.25) is 0 Å². The second-order valence-electron chi connectivity index (χ2n) is 8.51. The van der Waals surface area contributed by atoms with Crippen molar-refractivity contribution in [2.45, 2.75) is 62.7 Å². The fraction of sp³-hybridized carbons (Fsp3) is 0.565. The monoisotopic (exact) mass is 509 g/mol. The number of carbonyl (C=O) groups is 4. The number of nitrogens with one attached hydrogen (secondary N) is 4. The molecule has 11 nitrogen and oxygen atoms in total. The maximum absolute atomic E-state index is 13.1. The summed E-state index contributed by atoms with van der Waals surface area (Å²) in [6, 6.07) is 2.61. The SMILES string of the molecule is NCCCCC(NC(=O)C(CS)NC(=O)C(Cc1ccc(O)cc1)NC(=O)C1CCCN1)C(=O)O. The summed E-state index contributed by atoms with van der Waals surface area (Å²) in [4.78, 5) is 50.0. The van der Waals surface area contributed by atoms with Gasteiger partial charge in [0.2, 0.25) is 17.7 Å². The largest absolute Gasteiger partial charge is 0.508 e. The third-order valence-electron chi connectivity index (χ3n) is 5.76. The van der Waals surface area contributed by atoms with Gasteiger partial charge >= 0.3 is 5.97 Å². The van der Waals surface area contributed by atoms with E-state index in [0.717, 1.165) is 6.42 Å². The molecule has 8 N–H and O–H groups in total. The Kier molecular flexibility index (Phi) is 11.8. The van der Waals surface area contributed by atoms with Gasteiger partial charge in [0.1, 0.15) is 23.9 Å². The molecule has 0 spiro atoms. The van der Waals surface area contributed by atoms with Crippen LogP contribution in [0.15, 0.2) is 24.3 Å². The minimum atomic E-state index is -1.18. The number of unbranched alkanes of at least 4 members (excludes halogenated alkanes) is 1. The van der Waals surface area contributed by atoms with E-state index in [1.54, 1.807) is 12.1 Å². The third-order valence-corrected chi connectivity index (χ3v) is 6.13. The van der Waals surface area contributed by atoms with Crippen molar-refractivity contribution in [3.05, 3.63) is 29.8 Å². The number of aliphatic carboxylic acids is 1. The van der Waals surface area contributed by atoms with Gasteiger partial charge in [-0.05, 0) is 62.9 Å². The van der Waals surface area contributed by atoms with Crippen LogP contribution >= 0.6 is 12.6 Å². The highest BCUT2D eigenvalue weighted by molar-refractivity contribution is 7.80. The molecule has 0 aromatic heterocycles. The Morgan fingerprint density at radius 2 is 1.69 bits per heavy atom. The van der Waals surface area contributed by atoms with Gasteiger partial charge in [-0.2, -0.15) is 12.6 Å². The van der Waals surface area contributed by atoms with Crippen molar-refractivity contribution in [3.8, 4) is 5.75 Å². The Morgan fingerprint density at radius 3 is 2.26 bits per heavy atom. The predicted octanol–water partition coefficient (Wildman–Crippen LogP) is -0.715. The number of hydrogen-bond acceptors (Lipinski definition) is 8. The molecule has 194 valence electrons. The van der Waals surface area contributed by atoms with Crippen LogP contribution in [-0.4, -0.2) is 76.9 Å². The molecular weight excluding hydrogens is 474 g/mol. The van der Waals surface area contributed by atoms with E-state index in [1.165, 1.54) is 12.1 Å². The Bertz CT molecular complexity index is 862. The van der Waals surface area contributed by atoms with Gasteiger partial charge in [0, 0.05) is 12.2 Å². The Labute approximate surface area is 210 Å². The highest BCUT2D eigenvalue weighted by Crippen LogP contribution is 2.13. The molecule has 3 amide bonds. The minimum absolute atomic E-state index is 0.0696. The number of phenolic OH excluding ortho intramolecular Hbond substituents is 1. The van der Waals surface area contributed by atoms with E-state index >= 15 is 0 Å². The fourth-order valence-electron chi connectivity index (χ4n) is 3.75. The number of aromatic hydroxyl groups is 1. The molecule has 4 atom stereocenters. The molecule has 2 rings (SSSR count). The van der Waals surface area contributed by atoms with Crippen molar-refractivity contribution in [2.75, 3.05) is 18.8 Å². The van der Waals surface area contributed by atoms with Gasteiger partial charge < -0.3 is 37.2 Å². The number of carboxylic acid groups (broad SMARTS) is 1. The summed E-state index contributed by atoms with van der Waals surface area (Å²) in [5.74, 6) is -2.79. The number of phenols is 1. The molecule has 1 aromatic carbocycles. The zero-order valence-corrected chi connectivity index (χ0v) is 20.4. The molecular formula is C23H35N5O6S. The van der Waals surface area contributed by atoms with Crippen LogP contribution in [0.5, 0.6) is 5.75 Å². The molecule has 0 radical (unpaired) electrons. The number of thiol groups is 1. The first-order chi connectivity index (χ1) is 16.7. The van der Waals surface area contributed by atoms with Crippen molar-refractivity contribution >= 4 is 36.3 Å². The first-order valence-corrected chi connectivity index (χ1v) is 12.3. The average Bonchev–Trinajstić information content (AvgIpc) is 3.37. The zero-order valence-electron chi connectivity index (χ0n) is 19.5. The van der Waals surface area contributed by atoms with E-state index in [2.05, 4.69) is 33.9 Å². The van der Waals surface area contributed by atoms with Crippen LogP contribution in [0.4, 0.5) is 0 Å². The van der Waals surface area contributed by atoms with Gasteiger partial charge in [0.15, 0.2) is 0 Å². The molecule has 1 saturated heterocycles. The highest BCUT2D eigenvalue weighted by Gasteiger charge is 2.31. The fourth-order valence-corrected chi connectivity index (χ4v) is 4.00. The van der Waals surface area contributed by atoms with Crippen molar-refractivity contribution < 1.29 is 29.4 Å². The van der Waals surface area contributed by atoms with Crippen LogP contribution < -0.4 is 27.0 Å². The maximum Gasteiger partial charge on any atom is 0.326 e. The van der Waals surface area contributed by atoms with E-state index in [9.17, 15) is 29.4 Å². The van der Waals surface area contributed by atoms with E-state index in [-0.39, 0.29) is 30.3 Å². The summed E-state index contributed by atoms with van der Waals surface area (Å²) >= 11 is 4.14. The Morgan fingerprint density at radius 1 is 1.03 bits per heavy atom. The summed E-state index contributed by atoms with van der Waals surface area (Å²) in [5.41, 5.74) is 6.14. The zero-order chi connectivity index (χ0) is 25.8. The topological polar surface area (TPSA) is 183 Å². The van der Waals surface area contributed by atoms with E-state index in [4.69, 9.17) is 5.73 Å². The molecule has 0 aliphatic carbocycles. The summed E-state index contributed by atoms with van der Waals surface area (Å²) in [5, 5.41) is 29.8. The first kappa shape index (κ1) is 28.4. The van der Waals surface area contributed by atoms with Crippen molar-refractivity contribution in [1.82, 2.24) is 21.3 Å². The van der Waals surface area contributed by atoms with Crippen LogP contribution in [0.25, 0.3) is 0 Å². The quantitative estimate of drug-likeness (QED) is 0.119. The van der Waals surface area contributed by atoms with Crippen molar-refractivity contribution in [1.29, 1.82) is 0 Å². The lowest BCUT2D eigenvalue weighted by Gasteiger charge is -2.24. The molecule has 12 heteroatoms. The summed E-state index contributed by atoms with van der Waals surface area (Å²) in [7, 11) is 0. The summed E-state index contributed by atoms with van der Waals surface area (Å²) in [6.07, 6.45) is 3.00. The number of benzene rings is 1. The van der Waals surface area contributed by atoms with E-state index in [1.807, 2.05) is 0 Å². The Balaban J connectivity index is 2.08. The summed E-state index contributed by atoms with van der Waals surface area (Å²) in [6.45, 7) is 1.13. The number of rotatable bonds is 14. The van der Waals surface area contributed by atoms with Gasteiger partial charge in [-0.15, -0.1) is 0 Å². The second-order valence-corrected chi connectivity index (χ2v) is 8.87. The van der Waals surface area contributed by atoms with Gasteiger partial charge in [-0.3, -0.25) is 14.4 Å². The third kappa shape index (κ3) is 9.38. The predicted molar refractivity (Wildman–Crippen MR) is 133 cm³/mol. The first-order valence-electron chi connectivity index (χ1n) is 11.7. The van der Waals surface area contributed by atoms with Crippen LogP contribution in [0.3, 0.4) is 0 Å². The van der Waals surface area contributed by atoms with Gasteiger partial charge in [-0.1, -0.05) is 12.1 Å². The standard InChI is InChI=1S/C23H35N5O6S/c24-10-2-1-4-17(23(33)34)26-22(32)19(13-35)28-21(31)18(12-14-6-8-15(29)9-7-14)27-20(30)16-5-3-11-25-16/h6-9,16-19,25,29,35H,1-5,10-13,24H2,(H,26,32)(H,27,30)(H,28,31)(H,33,34). The molecule has 1 heterocycles. The van der Waals surface area contributed by atoms with Gasteiger partial charge in [0.05, 0.1) is 6.04 Å². The van der Waals surface area contributed by atoms with Crippen molar-refractivity contribution in [3.63, 3.8) is 0 Å². The molecule has 0 saturated carbocycles. The average molecular weight is 510 g/mol. The van der Waals surface area contributed by atoms with Crippen molar-refractivity contribution in [2.24, 2.45) is 5.73 Å². The molecule has 35 heavy (non-hydrogen) atoms. The molecule has 1 aliphatic heterocycles. The number of carboxylic acids is 1. The minimum Gasteiger partial charge on any atom is -0.508 e. The number of hydrogen-bond donors (Lipinski definition) is 8. The molecule has 1 aromatic rings. The van der Waals surface area contributed by atoms with Crippen LogP contribution in [0.1, 0.15) is 37.7 Å². The number of nitrogens with two attached hydrogens (primary N) is 1. The normalized spacial score (nSPS) is 17.7. The molecule has 1 aliphatic rings. The molecule has 1 fully saturated rings. The van der Waals surface area contributed by atoms with E-state index in [0.29, 0.717) is 37.9 Å². The number of amides is 3.